The Hall–Kier alpha value is -3.03. The van der Waals surface area contributed by atoms with Crippen LogP contribution in [0.2, 0.25) is 0 Å². The van der Waals surface area contributed by atoms with Crippen LogP contribution in [0, 0.1) is 5.82 Å². The zero-order chi connectivity index (χ0) is 17.1. The van der Waals surface area contributed by atoms with Crippen molar-refractivity contribution in [1.82, 2.24) is 15.3 Å². The molecule has 1 aromatic heterocycles. The summed E-state index contributed by atoms with van der Waals surface area (Å²) in [5.41, 5.74) is 0.460. The molecule has 1 unspecified atom stereocenters. The van der Waals surface area contributed by atoms with Crippen LogP contribution in [-0.4, -0.2) is 33.6 Å². The average molecular weight is 331 g/mol. The summed E-state index contributed by atoms with van der Waals surface area (Å²) in [6.45, 7) is 0.440. The number of carboxylic acids is 1. The van der Waals surface area contributed by atoms with Crippen molar-refractivity contribution < 1.29 is 23.8 Å². The number of carboxylic acid groups (broad SMARTS) is 1. The van der Waals surface area contributed by atoms with Gasteiger partial charge < -0.3 is 15.2 Å². The van der Waals surface area contributed by atoms with E-state index in [0.29, 0.717) is 30.8 Å². The largest absolute Gasteiger partial charge is 0.493 e. The van der Waals surface area contributed by atoms with Gasteiger partial charge in [0.1, 0.15) is 17.3 Å². The molecule has 0 saturated carbocycles. The first-order valence-corrected chi connectivity index (χ1v) is 7.33. The number of nitrogens with one attached hydrogen (secondary N) is 1. The molecule has 1 aliphatic rings. The number of carbonyl (C=O) groups excluding carboxylic acids is 1. The van der Waals surface area contributed by atoms with Crippen LogP contribution in [0.4, 0.5) is 4.39 Å². The SMILES string of the molecule is O=C(O)c1cnc(C(=O)NC2CCCOc3cc(F)ccc32)cn1. The first kappa shape index (κ1) is 15.9. The molecular weight excluding hydrogens is 317 g/mol. The van der Waals surface area contributed by atoms with E-state index < -0.39 is 17.7 Å². The van der Waals surface area contributed by atoms with E-state index in [-0.39, 0.29) is 17.4 Å². The summed E-state index contributed by atoms with van der Waals surface area (Å²) in [4.78, 5) is 30.5. The lowest BCUT2D eigenvalue weighted by molar-refractivity contribution is 0.0689. The minimum absolute atomic E-state index is 0.00817. The zero-order valence-corrected chi connectivity index (χ0v) is 12.5. The maximum absolute atomic E-state index is 13.4. The molecular formula is C16H14FN3O4. The molecule has 0 fully saturated rings. The molecule has 0 radical (unpaired) electrons. The van der Waals surface area contributed by atoms with Gasteiger partial charge in [-0.15, -0.1) is 0 Å². The van der Waals surface area contributed by atoms with Crippen LogP contribution < -0.4 is 10.1 Å². The molecule has 7 nitrogen and oxygen atoms in total. The second-order valence-corrected chi connectivity index (χ2v) is 5.29. The molecule has 0 bridgehead atoms. The van der Waals surface area contributed by atoms with Crippen molar-refractivity contribution >= 4 is 11.9 Å². The number of hydrogen-bond acceptors (Lipinski definition) is 5. The van der Waals surface area contributed by atoms with Gasteiger partial charge in [-0.05, 0) is 18.9 Å². The predicted molar refractivity (Wildman–Crippen MR) is 80.3 cm³/mol. The molecule has 8 heteroatoms. The molecule has 1 atom stereocenters. The van der Waals surface area contributed by atoms with E-state index >= 15 is 0 Å². The predicted octanol–water partition coefficient (Wildman–Crippen LogP) is 1.96. The standard InChI is InChI=1S/C16H14FN3O4/c17-9-3-4-10-11(2-1-5-24-14(10)6-9)20-15(21)12-7-19-13(8-18-12)16(22)23/h3-4,6-8,11H,1-2,5H2,(H,20,21)(H,22,23). The van der Waals surface area contributed by atoms with Crippen LogP contribution in [0.5, 0.6) is 5.75 Å². The van der Waals surface area contributed by atoms with E-state index in [1.807, 2.05) is 0 Å². The summed E-state index contributed by atoms with van der Waals surface area (Å²) in [6.07, 6.45) is 3.46. The number of fused-ring (bicyclic) bond motifs is 1. The van der Waals surface area contributed by atoms with Gasteiger partial charge in [0.2, 0.25) is 0 Å². The summed E-state index contributed by atoms with van der Waals surface area (Å²) < 4.78 is 18.9. The van der Waals surface area contributed by atoms with Gasteiger partial charge in [0.25, 0.3) is 5.91 Å². The van der Waals surface area contributed by atoms with Crippen LogP contribution in [0.25, 0.3) is 0 Å². The lowest BCUT2D eigenvalue weighted by atomic mass is 10.0. The molecule has 1 amide bonds. The Morgan fingerprint density at radius 1 is 1.25 bits per heavy atom. The molecule has 0 aliphatic carbocycles. The third-order valence-electron chi connectivity index (χ3n) is 3.65. The number of halogens is 1. The number of aromatic carboxylic acids is 1. The van der Waals surface area contributed by atoms with Gasteiger partial charge in [0.05, 0.1) is 25.0 Å². The topological polar surface area (TPSA) is 101 Å². The van der Waals surface area contributed by atoms with Gasteiger partial charge in [-0.1, -0.05) is 6.07 Å². The highest BCUT2D eigenvalue weighted by atomic mass is 19.1. The van der Waals surface area contributed by atoms with Gasteiger partial charge in [0, 0.05) is 11.6 Å². The number of amides is 1. The summed E-state index contributed by atoms with van der Waals surface area (Å²) in [5.74, 6) is -1.70. The Kier molecular flexibility index (Phi) is 4.37. The summed E-state index contributed by atoms with van der Waals surface area (Å²) in [6, 6.07) is 3.84. The Balaban J connectivity index is 1.80. The van der Waals surface area contributed by atoms with Gasteiger partial charge in [-0.3, -0.25) is 4.79 Å². The fraction of sp³-hybridized carbons (Fsp3) is 0.250. The van der Waals surface area contributed by atoms with Crippen LogP contribution in [0.1, 0.15) is 45.4 Å². The number of benzene rings is 1. The van der Waals surface area contributed by atoms with Crippen molar-refractivity contribution in [2.75, 3.05) is 6.61 Å². The van der Waals surface area contributed by atoms with Crippen LogP contribution in [-0.2, 0) is 0 Å². The minimum atomic E-state index is -1.22. The number of aromatic nitrogens is 2. The van der Waals surface area contributed by atoms with E-state index in [9.17, 15) is 14.0 Å². The number of ether oxygens (including phenoxy) is 1. The smallest absolute Gasteiger partial charge is 0.356 e. The number of rotatable bonds is 3. The summed E-state index contributed by atoms with van der Waals surface area (Å²) in [5, 5.41) is 11.6. The van der Waals surface area contributed by atoms with Crippen molar-refractivity contribution in [2.24, 2.45) is 0 Å². The number of hydrogen-bond donors (Lipinski definition) is 2. The molecule has 24 heavy (non-hydrogen) atoms. The highest BCUT2D eigenvalue weighted by Gasteiger charge is 2.23. The Bertz CT molecular complexity index is 779. The van der Waals surface area contributed by atoms with E-state index in [4.69, 9.17) is 9.84 Å². The van der Waals surface area contributed by atoms with Crippen molar-refractivity contribution in [3.63, 3.8) is 0 Å². The monoisotopic (exact) mass is 331 g/mol. The van der Waals surface area contributed by atoms with E-state index in [0.717, 1.165) is 12.4 Å². The van der Waals surface area contributed by atoms with Crippen molar-refractivity contribution in [1.29, 1.82) is 0 Å². The lowest BCUT2D eigenvalue weighted by Gasteiger charge is -2.18. The van der Waals surface area contributed by atoms with Crippen LogP contribution >= 0.6 is 0 Å². The maximum Gasteiger partial charge on any atom is 0.356 e. The Morgan fingerprint density at radius 2 is 2.00 bits per heavy atom. The molecule has 2 aromatic rings. The molecule has 3 rings (SSSR count). The van der Waals surface area contributed by atoms with Crippen LogP contribution in [0.15, 0.2) is 30.6 Å². The third kappa shape index (κ3) is 3.32. The third-order valence-corrected chi connectivity index (χ3v) is 3.65. The van der Waals surface area contributed by atoms with Crippen molar-refractivity contribution in [2.45, 2.75) is 18.9 Å². The molecule has 2 heterocycles. The first-order chi connectivity index (χ1) is 11.5. The van der Waals surface area contributed by atoms with Crippen molar-refractivity contribution in [3.05, 3.63) is 53.4 Å². The highest BCUT2D eigenvalue weighted by Crippen LogP contribution is 2.32. The van der Waals surface area contributed by atoms with Gasteiger partial charge in [0.15, 0.2) is 5.69 Å². The zero-order valence-electron chi connectivity index (χ0n) is 12.5. The quantitative estimate of drug-likeness (QED) is 0.891. The van der Waals surface area contributed by atoms with Crippen molar-refractivity contribution in [3.8, 4) is 5.75 Å². The Morgan fingerprint density at radius 3 is 2.71 bits per heavy atom. The lowest BCUT2D eigenvalue weighted by Crippen LogP contribution is -2.29. The number of nitrogens with zero attached hydrogens (tertiary/aromatic N) is 2. The fourth-order valence-corrected chi connectivity index (χ4v) is 2.48. The second kappa shape index (κ2) is 6.61. The van der Waals surface area contributed by atoms with Gasteiger partial charge in [-0.25, -0.2) is 19.2 Å². The highest BCUT2D eigenvalue weighted by molar-refractivity contribution is 5.93. The fourth-order valence-electron chi connectivity index (χ4n) is 2.48. The summed E-state index contributed by atoms with van der Waals surface area (Å²) >= 11 is 0. The molecule has 0 saturated heterocycles. The molecule has 1 aromatic carbocycles. The Labute approximate surface area is 136 Å². The molecule has 1 aliphatic heterocycles. The molecule has 124 valence electrons. The van der Waals surface area contributed by atoms with Crippen LogP contribution in [0.3, 0.4) is 0 Å². The minimum Gasteiger partial charge on any atom is -0.493 e. The normalized spacial score (nSPS) is 16.5. The van der Waals surface area contributed by atoms with Gasteiger partial charge in [-0.2, -0.15) is 0 Å². The van der Waals surface area contributed by atoms with E-state index in [1.165, 1.54) is 12.1 Å². The maximum atomic E-state index is 13.4. The number of carbonyl (C=O) groups is 2. The van der Waals surface area contributed by atoms with Gasteiger partial charge >= 0.3 is 5.97 Å². The molecule has 0 spiro atoms. The average Bonchev–Trinajstić information content (AvgIpc) is 2.76. The second-order valence-electron chi connectivity index (χ2n) is 5.29. The van der Waals surface area contributed by atoms with E-state index in [1.54, 1.807) is 6.07 Å². The summed E-state index contributed by atoms with van der Waals surface area (Å²) in [7, 11) is 0. The molecule has 2 N–H and O–H groups in total. The van der Waals surface area contributed by atoms with E-state index in [2.05, 4.69) is 15.3 Å². The first-order valence-electron chi connectivity index (χ1n) is 7.33.